The number of nitrogens with zero attached hydrogens (tertiary/aromatic N) is 2. The van der Waals surface area contributed by atoms with Crippen LogP contribution in [0.25, 0.3) is 0 Å². The lowest BCUT2D eigenvalue weighted by Crippen LogP contribution is -1.95. The smallest absolute Gasteiger partial charge is 0.269 e. The molecular formula is C13H11N3O4. The van der Waals surface area contributed by atoms with Gasteiger partial charge < -0.3 is 5.32 Å². The van der Waals surface area contributed by atoms with E-state index in [1.54, 1.807) is 25.1 Å². The van der Waals surface area contributed by atoms with Crippen molar-refractivity contribution in [2.24, 2.45) is 0 Å². The molecule has 0 heterocycles. The predicted octanol–water partition coefficient (Wildman–Crippen LogP) is 3.56. The summed E-state index contributed by atoms with van der Waals surface area (Å²) in [6.45, 7) is 1.75. The van der Waals surface area contributed by atoms with Crippen LogP contribution in [0.3, 0.4) is 0 Å². The van der Waals surface area contributed by atoms with Gasteiger partial charge in [-0.25, -0.2) is 0 Å². The summed E-state index contributed by atoms with van der Waals surface area (Å²) in [5.41, 5.74) is 2.14. The molecule has 0 bridgehead atoms. The maximum absolute atomic E-state index is 10.6. The quantitative estimate of drug-likeness (QED) is 0.678. The molecule has 7 nitrogen and oxygen atoms in total. The Balaban J connectivity index is 2.21. The van der Waals surface area contributed by atoms with Crippen LogP contribution < -0.4 is 5.32 Å². The Morgan fingerprint density at radius 2 is 1.45 bits per heavy atom. The van der Waals surface area contributed by atoms with Gasteiger partial charge in [-0.1, -0.05) is 0 Å². The molecule has 0 aliphatic heterocycles. The molecule has 20 heavy (non-hydrogen) atoms. The van der Waals surface area contributed by atoms with Crippen LogP contribution in [0.15, 0.2) is 42.5 Å². The molecule has 0 aliphatic carbocycles. The fourth-order valence-electron chi connectivity index (χ4n) is 1.72. The van der Waals surface area contributed by atoms with Crippen LogP contribution in [0, 0.1) is 27.2 Å². The molecule has 2 aromatic carbocycles. The van der Waals surface area contributed by atoms with E-state index in [0.717, 1.165) is 5.56 Å². The monoisotopic (exact) mass is 273 g/mol. The number of nitrogens with one attached hydrogen (secondary N) is 1. The van der Waals surface area contributed by atoms with Gasteiger partial charge in [0.15, 0.2) is 0 Å². The number of hydrogen-bond acceptors (Lipinski definition) is 5. The second-order valence-corrected chi connectivity index (χ2v) is 4.19. The average Bonchev–Trinajstić information content (AvgIpc) is 2.41. The molecule has 0 unspecified atom stereocenters. The molecule has 7 heteroatoms. The third-order valence-corrected chi connectivity index (χ3v) is 2.78. The molecule has 0 aromatic heterocycles. The van der Waals surface area contributed by atoms with Gasteiger partial charge >= 0.3 is 0 Å². The van der Waals surface area contributed by atoms with Gasteiger partial charge in [-0.2, -0.15) is 0 Å². The van der Waals surface area contributed by atoms with Crippen molar-refractivity contribution < 1.29 is 9.85 Å². The summed E-state index contributed by atoms with van der Waals surface area (Å²) in [6, 6.07) is 10.4. The van der Waals surface area contributed by atoms with Crippen molar-refractivity contribution in [2.45, 2.75) is 6.92 Å². The maximum atomic E-state index is 10.6. The minimum absolute atomic E-state index is 0.0102. The van der Waals surface area contributed by atoms with Crippen LogP contribution in [-0.4, -0.2) is 9.85 Å². The van der Waals surface area contributed by atoms with Crippen molar-refractivity contribution in [3.63, 3.8) is 0 Å². The highest BCUT2D eigenvalue weighted by Crippen LogP contribution is 2.25. The molecule has 0 aliphatic rings. The normalized spacial score (nSPS) is 10.1. The largest absolute Gasteiger partial charge is 0.355 e. The van der Waals surface area contributed by atoms with Crippen LogP contribution in [-0.2, 0) is 0 Å². The lowest BCUT2D eigenvalue weighted by Gasteiger charge is -2.09. The Morgan fingerprint density at radius 1 is 0.900 bits per heavy atom. The summed E-state index contributed by atoms with van der Waals surface area (Å²) >= 11 is 0. The van der Waals surface area contributed by atoms with Gasteiger partial charge in [0.2, 0.25) is 0 Å². The summed E-state index contributed by atoms with van der Waals surface area (Å²) < 4.78 is 0. The van der Waals surface area contributed by atoms with Gasteiger partial charge in [0, 0.05) is 35.6 Å². The average molecular weight is 273 g/mol. The van der Waals surface area contributed by atoms with Gasteiger partial charge in [-0.05, 0) is 30.7 Å². The highest BCUT2D eigenvalue weighted by atomic mass is 16.6. The molecule has 0 atom stereocenters. The van der Waals surface area contributed by atoms with Crippen molar-refractivity contribution >= 4 is 22.7 Å². The number of nitro groups is 2. The zero-order valence-electron chi connectivity index (χ0n) is 10.6. The Labute approximate surface area is 114 Å². The SMILES string of the molecule is Cc1cc([N+](=O)[O-])ccc1Nc1ccc([N+](=O)[O-])cc1. The maximum Gasteiger partial charge on any atom is 0.269 e. The molecule has 2 rings (SSSR count). The van der Waals surface area contributed by atoms with Gasteiger partial charge in [-0.3, -0.25) is 20.2 Å². The fraction of sp³-hybridized carbons (Fsp3) is 0.0769. The summed E-state index contributed by atoms with van der Waals surface area (Å²) in [4.78, 5) is 20.3. The first-order chi connectivity index (χ1) is 9.47. The van der Waals surface area contributed by atoms with E-state index in [9.17, 15) is 20.2 Å². The van der Waals surface area contributed by atoms with Crippen LogP contribution >= 0.6 is 0 Å². The zero-order valence-corrected chi connectivity index (χ0v) is 10.6. The predicted molar refractivity (Wildman–Crippen MR) is 74.2 cm³/mol. The molecule has 0 spiro atoms. The number of non-ortho nitro benzene ring substituents is 2. The zero-order chi connectivity index (χ0) is 14.7. The lowest BCUT2D eigenvalue weighted by atomic mass is 10.1. The first kappa shape index (κ1) is 13.5. The van der Waals surface area contributed by atoms with Gasteiger partial charge in [-0.15, -0.1) is 0 Å². The van der Waals surface area contributed by atoms with Gasteiger partial charge in [0.25, 0.3) is 11.4 Å². The minimum Gasteiger partial charge on any atom is -0.355 e. The summed E-state index contributed by atoms with van der Waals surface area (Å²) in [5, 5.41) is 24.3. The van der Waals surface area contributed by atoms with E-state index < -0.39 is 9.85 Å². The third-order valence-electron chi connectivity index (χ3n) is 2.78. The van der Waals surface area contributed by atoms with Crippen LogP contribution in [0.2, 0.25) is 0 Å². The molecular weight excluding hydrogens is 262 g/mol. The molecule has 0 fully saturated rings. The molecule has 0 saturated carbocycles. The number of aryl methyl sites for hydroxylation is 1. The highest BCUT2D eigenvalue weighted by molar-refractivity contribution is 5.65. The number of anilines is 2. The first-order valence-electron chi connectivity index (χ1n) is 5.74. The molecule has 1 N–H and O–H groups in total. The molecule has 0 saturated heterocycles. The lowest BCUT2D eigenvalue weighted by molar-refractivity contribution is -0.385. The molecule has 0 radical (unpaired) electrons. The Morgan fingerprint density at radius 3 is 1.95 bits per heavy atom. The van der Waals surface area contributed by atoms with E-state index >= 15 is 0 Å². The van der Waals surface area contributed by atoms with Gasteiger partial charge in [0.1, 0.15) is 0 Å². The number of benzene rings is 2. The Hall–Kier alpha value is -2.96. The minimum atomic E-state index is -0.471. The molecule has 2 aromatic rings. The van der Waals surface area contributed by atoms with Crippen LogP contribution in [0.4, 0.5) is 22.7 Å². The number of rotatable bonds is 4. The summed E-state index contributed by atoms with van der Waals surface area (Å²) in [7, 11) is 0. The number of nitro benzene ring substituents is 2. The second-order valence-electron chi connectivity index (χ2n) is 4.19. The van der Waals surface area contributed by atoms with Crippen molar-refractivity contribution in [2.75, 3.05) is 5.32 Å². The fourth-order valence-corrected chi connectivity index (χ4v) is 1.72. The second kappa shape index (κ2) is 5.35. The molecule has 0 amide bonds. The number of hydrogen-bond donors (Lipinski definition) is 1. The molecule has 102 valence electrons. The van der Waals surface area contributed by atoms with E-state index in [2.05, 4.69) is 5.32 Å². The van der Waals surface area contributed by atoms with Crippen LogP contribution in [0.1, 0.15) is 5.56 Å². The van der Waals surface area contributed by atoms with Crippen LogP contribution in [0.5, 0.6) is 0 Å². The standard InChI is InChI=1S/C13H11N3O4/c1-9-8-12(16(19)20)6-7-13(9)14-10-2-4-11(5-3-10)15(17)18/h2-8,14H,1H3. The van der Waals surface area contributed by atoms with Crippen molar-refractivity contribution in [1.82, 2.24) is 0 Å². The van der Waals surface area contributed by atoms with E-state index in [4.69, 9.17) is 0 Å². The van der Waals surface area contributed by atoms with Crippen molar-refractivity contribution in [1.29, 1.82) is 0 Å². The first-order valence-corrected chi connectivity index (χ1v) is 5.74. The van der Waals surface area contributed by atoms with Gasteiger partial charge in [0.05, 0.1) is 9.85 Å². The Bertz CT molecular complexity index is 668. The van der Waals surface area contributed by atoms with E-state index in [-0.39, 0.29) is 11.4 Å². The Kier molecular flexibility index (Phi) is 3.60. The topological polar surface area (TPSA) is 98.3 Å². The van der Waals surface area contributed by atoms with E-state index in [1.165, 1.54) is 24.3 Å². The van der Waals surface area contributed by atoms with Crippen molar-refractivity contribution in [3.8, 4) is 0 Å². The summed E-state index contributed by atoms with van der Waals surface area (Å²) in [5.74, 6) is 0. The van der Waals surface area contributed by atoms with Crippen molar-refractivity contribution in [3.05, 3.63) is 68.3 Å². The van der Waals surface area contributed by atoms with E-state index in [1.807, 2.05) is 0 Å². The third kappa shape index (κ3) is 2.89. The highest BCUT2D eigenvalue weighted by Gasteiger charge is 2.09. The summed E-state index contributed by atoms with van der Waals surface area (Å²) in [6.07, 6.45) is 0. The van der Waals surface area contributed by atoms with E-state index in [0.29, 0.717) is 11.4 Å².